The average Bonchev–Trinajstić information content (AvgIpc) is 2.64. The molecule has 1 unspecified atom stereocenters. The molecule has 1 N–H and O–H groups in total. The van der Waals surface area contributed by atoms with Crippen molar-refractivity contribution in [3.05, 3.63) is 52.8 Å². The molecule has 2 aromatic rings. The Hall–Kier alpha value is -2.80. The molecular formula is C19H19ClFNO5. The first-order valence-electron chi connectivity index (χ1n) is 8.13. The summed E-state index contributed by atoms with van der Waals surface area (Å²) in [4.78, 5) is 24.4. The quantitative estimate of drug-likeness (QED) is 0.715. The van der Waals surface area contributed by atoms with Crippen LogP contribution in [0.15, 0.2) is 36.4 Å². The van der Waals surface area contributed by atoms with Gasteiger partial charge >= 0.3 is 5.97 Å². The second-order valence-corrected chi connectivity index (χ2v) is 5.90. The van der Waals surface area contributed by atoms with Crippen LogP contribution in [0.5, 0.6) is 11.5 Å². The number of anilines is 1. The lowest BCUT2D eigenvalue weighted by molar-refractivity contribution is -0.123. The number of hydrogen-bond donors (Lipinski definition) is 1. The van der Waals surface area contributed by atoms with Crippen molar-refractivity contribution in [2.45, 2.75) is 20.0 Å². The fourth-order valence-electron chi connectivity index (χ4n) is 2.18. The number of hydrogen-bond acceptors (Lipinski definition) is 5. The normalized spacial score (nSPS) is 11.4. The zero-order valence-corrected chi connectivity index (χ0v) is 15.8. The van der Waals surface area contributed by atoms with E-state index in [1.165, 1.54) is 38.3 Å². The standard InChI is InChI=1S/C19H19ClFNO5/c1-4-26-16-8-5-12(9-17(16)25-3)19(24)27-11(2)18(23)22-15-7-6-13(20)10-14(15)21/h5-11H,4H2,1-3H3,(H,22,23). The molecule has 0 saturated carbocycles. The molecule has 0 aromatic heterocycles. The Kier molecular flexibility index (Phi) is 7.01. The Bertz CT molecular complexity index is 843. The maximum atomic E-state index is 13.8. The summed E-state index contributed by atoms with van der Waals surface area (Å²) in [6.07, 6.45) is -1.15. The number of carbonyl (C=O) groups excluding carboxylic acids is 2. The van der Waals surface area contributed by atoms with E-state index < -0.39 is 23.8 Å². The van der Waals surface area contributed by atoms with E-state index in [2.05, 4.69) is 5.32 Å². The molecule has 1 atom stereocenters. The number of ether oxygens (including phenoxy) is 3. The van der Waals surface area contributed by atoms with E-state index in [1.54, 1.807) is 6.07 Å². The van der Waals surface area contributed by atoms with Gasteiger partial charge in [-0.2, -0.15) is 0 Å². The largest absolute Gasteiger partial charge is 0.493 e. The molecule has 1 amide bonds. The molecule has 0 heterocycles. The highest BCUT2D eigenvalue weighted by Gasteiger charge is 2.21. The second kappa shape index (κ2) is 9.23. The Morgan fingerprint density at radius 1 is 1.19 bits per heavy atom. The first-order chi connectivity index (χ1) is 12.8. The minimum absolute atomic E-state index is 0.0602. The van der Waals surface area contributed by atoms with E-state index in [0.717, 1.165) is 6.07 Å². The molecule has 2 rings (SSSR count). The highest BCUT2D eigenvalue weighted by molar-refractivity contribution is 6.30. The molecule has 0 aliphatic heterocycles. The van der Waals surface area contributed by atoms with E-state index in [1.807, 2.05) is 6.92 Å². The summed E-state index contributed by atoms with van der Waals surface area (Å²) >= 11 is 5.67. The molecule has 8 heteroatoms. The number of amides is 1. The SMILES string of the molecule is CCOc1ccc(C(=O)OC(C)C(=O)Nc2ccc(Cl)cc2F)cc1OC. The molecule has 6 nitrogen and oxygen atoms in total. The third kappa shape index (κ3) is 5.34. The van der Waals surface area contributed by atoms with Crippen LogP contribution in [0.1, 0.15) is 24.2 Å². The average molecular weight is 396 g/mol. The summed E-state index contributed by atoms with van der Waals surface area (Å²) < 4.78 is 29.5. The molecule has 0 aliphatic rings. The van der Waals surface area contributed by atoms with Gasteiger partial charge in [-0.3, -0.25) is 4.79 Å². The number of esters is 1. The Labute approximate surface area is 161 Å². The van der Waals surface area contributed by atoms with E-state index in [0.29, 0.717) is 18.1 Å². The Morgan fingerprint density at radius 3 is 2.56 bits per heavy atom. The smallest absolute Gasteiger partial charge is 0.339 e. The summed E-state index contributed by atoms with van der Waals surface area (Å²) in [5.41, 5.74) is 0.127. The zero-order valence-electron chi connectivity index (χ0n) is 15.0. The second-order valence-electron chi connectivity index (χ2n) is 5.46. The summed E-state index contributed by atoms with van der Waals surface area (Å²) in [7, 11) is 1.45. The zero-order chi connectivity index (χ0) is 20.0. The van der Waals surface area contributed by atoms with Crippen molar-refractivity contribution in [1.82, 2.24) is 0 Å². The van der Waals surface area contributed by atoms with Crippen LogP contribution in [-0.4, -0.2) is 31.7 Å². The third-order valence-corrected chi connectivity index (χ3v) is 3.78. The lowest BCUT2D eigenvalue weighted by Gasteiger charge is -2.15. The van der Waals surface area contributed by atoms with Crippen molar-refractivity contribution in [2.75, 3.05) is 19.0 Å². The molecule has 0 radical (unpaired) electrons. The maximum absolute atomic E-state index is 13.8. The van der Waals surface area contributed by atoms with Gasteiger partial charge in [0, 0.05) is 5.02 Å². The van der Waals surface area contributed by atoms with Gasteiger partial charge in [0.05, 0.1) is 25.0 Å². The summed E-state index contributed by atoms with van der Waals surface area (Å²) in [6.45, 7) is 3.65. The molecule has 0 bridgehead atoms. The number of carbonyl (C=O) groups is 2. The lowest BCUT2D eigenvalue weighted by atomic mass is 10.2. The fourth-order valence-corrected chi connectivity index (χ4v) is 2.34. The van der Waals surface area contributed by atoms with Gasteiger partial charge in [-0.1, -0.05) is 11.6 Å². The van der Waals surface area contributed by atoms with Gasteiger partial charge in [0.15, 0.2) is 17.6 Å². The van der Waals surface area contributed by atoms with Gasteiger partial charge in [-0.05, 0) is 50.2 Å². The van der Waals surface area contributed by atoms with Crippen LogP contribution < -0.4 is 14.8 Å². The number of nitrogens with one attached hydrogen (secondary N) is 1. The molecule has 144 valence electrons. The van der Waals surface area contributed by atoms with E-state index in [-0.39, 0.29) is 16.3 Å². The number of methoxy groups -OCH3 is 1. The van der Waals surface area contributed by atoms with Crippen LogP contribution in [0.25, 0.3) is 0 Å². The molecule has 27 heavy (non-hydrogen) atoms. The van der Waals surface area contributed by atoms with E-state index in [9.17, 15) is 14.0 Å². The van der Waals surface area contributed by atoms with Crippen LogP contribution in [-0.2, 0) is 9.53 Å². The highest BCUT2D eigenvalue weighted by atomic mass is 35.5. The van der Waals surface area contributed by atoms with Gasteiger partial charge in [0.25, 0.3) is 5.91 Å². The van der Waals surface area contributed by atoms with E-state index in [4.69, 9.17) is 25.8 Å². The molecule has 2 aromatic carbocycles. The summed E-state index contributed by atoms with van der Waals surface area (Å²) in [6, 6.07) is 8.35. The first-order valence-corrected chi connectivity index (χ1v) is 8.51. The lowest BCUT2D eigenvalue weighted by Crippen LogP contribution is -2.30. The number of rotatable bonds is 7. The van der Waals surface area contributed by atoms with Gasteiger partial charge in [-0.25, -0.2) is 9.18 Å². The topological polar surface area (TPSA) is 73.9 Å². The summed E-state index contributed by atoms with van der Waals surface area (Å²) in [5.74, 6) is -1.24. The Balaban J connectivity index is 2.04. The van der Waals surface area contributed by atoms with Crippen LogP contribution in [0.3, 0.4) is 0 Å². The molecular weight excluding hydrogens is 377 g/mol. The Morgan fingerprint density at radius 2 is 1.93 bits per heavy atom. The number of benzene rings is 2. The minimum Gasteiger partial charge on any atom is -0.493 e. The van der Waals surface area contributed by atoms with Gasteiger partial charge in [0.1, 0.15) is 5.82 Å². The van der Waals surface area contributed by atoms with Gasteiger partial charge < -0.3 is 19.5 Å². The third-order valence-electron chi connectivity index (χ3n) is 3.54. The maximum Gasteiger partial charge on any atom is 0.339 e. The van der Waals surface area contributed by atoms with Crippen LogP contribution in [0.4, 0.5) is 10.1 Å². The molecule has 0 fully saturated rings. The van der Waals surface area contributed by atoms with Crippen LogP contribution in [0.2, 0.25) is 5.02 Å². The fraction of sp³-hybridized carbons (Fsp3) is 0.263. The molecule has 0 spiro atoms. The van der Waals surface area contributed by atoms with Crippen molar-refractivity contribution >= 4 is 29.2 Å². The predicted octanol–water partition coefficient (Wildman–Crippen LogP) is 4.07. The minimum atomic E-state index is -1.15. The van der Waals surface area contributed by atoms with Crippen molar-refractivity contribution in [3.63, 3.8) is 0 Å². The summed E-state index contributed by atoms with van der Waals surface area (Å²) in [5, 5.41) is 2.55. The highest BCUT2D eigenvalue weighted by Crippen LogP contribution is 2.28. The van der Waals surface area contributed by atoms with Crippen LogP contribution in [0, 0.1) is 5.82 Å². The molecule has 0 saturated heterocycles. The van der Waals surface area contributed by atoms with Gasteiger partial charge in [0.2, 0.25) is 0 Å². The van der Waals surface area contributed by atoms with E-state index >= 15 is 0 Å². The first kappa shape index (κ1) is 20.5. The molecule has 0 aliphatic carbocycles. The number of halogens is 2. The monoisotopic (exact) mass is 395 g/mol. The van der Waals surface area contributed by atoms with Crippen molar-refractivity contribution < 1.29 is 28.2 Å². The van der Waals surface area contributed by atoms with Crippen molar-refractivity contribution in [1.29, 1.82) is 0 Å². The van der Waals surface area contributed by atoms with Crippen LogP contribution >= 0.6 is 11.6 Å². The van der Waals surface area contributed by atoms with Gasteiger partial charge in [-0.15, -0.1) is 0 Å². The van der Waals surface area contributed by atoms with Crippen molar-refractivity contribution in [2.24, 2.45) is 0 Å². The van der Waals surface area contributed by atoms with Crippen molar-refractivity contribution in [3.8, 4) is 11.5 Å². The predicted molar refractivity (Wildman–Crippen MR) is 99.1 cm³/mol.